The molecule has 0 unspecified atom stereocenters. The van der Waals surface area contributed by atoms with Crippen LogP contribution in [0.3, 0.4) is 0 Å². The van der Waals surface area contributed by atoms with Gasteiger partial charge >= 0.3 is 0 Å². The third-order valence-electron chi connectivity index (χ3n) is 2.99. The van der Waals surface area contributed by atoms with Gasteiger partial charge in [-0.15, -0.1) is 12.4 Å². The van der Waals surface area contributed by atoms with Crippen LogP contribution in [-0.2, 0) is 0 Å². The summed E-state index contributed by atoms with van der Waals surface area (Å²) in [7, 11) is 0. The number of carbonyl (C=O) groups excluding carboxylic acids is 1. The molecule has 0 bridgehead atoms. The first-order valence-corrected chi connectivity index (χ1v) is 5.87. The zero-order valence-corrected chi connectivity index (χ0v) is 11.5. The molecule has 1 fully saturated rings. The number of nitrogens with two attached hydrogens (primary N) is 1. The Morgan fingerprint density at radius 1 is 1.56 bits per heavy atom. The van der Waals surface area contributed by atoms with Crippen molar-refractivity contribution in [3.63, 3.8) is 0 Å². The Kier molecular flexibility index (Phi) is 4.96. The second-order valence-electron chi connectivity index (χ2n) is 4.38. The van der Waals surface area contributed by atoms with Gasteiger partial charge in [0.2, 0.25) is 0 Å². The van der Waals surface area contributed by atoms with Gasteiger partial charge in [-0.25, -0.2) is 4.39 Å². The van der Waals surface area contributed by atoms with Crippen LogP contribution >= 0.6 is 24.0 Å². The van der Waals surface area contributed by atoms with E-state index in [-0.39, 0.29) is 29.4 Å². The number of benzene rings is 1. The van der Waals surface area contributed by atoms with E-state index in [9.17, 15) is 9.18 Å². The first-order valence-electron chi connectivity index (χ1n) is 5.49. The molecule has 1 atom stereocenters. The van der Waals surface area contributed by atoms with E-state index in [1.54, 1.807) is 11.8 Å². The van der Waals surface area contributed by atoms with Crippen molar-refractivity contribution in [2.45, 2.75) is 19.4 Å². The zero-order chi connectivity index (χ0) is 12.6. The maximum absolute atomic E-state index is 13.2. The highest BCUT2D eigenvalue weighted by molar-refractivity contribution is 6.33. The fraction of sp³-hybridized carbons (Fsp3) is 0.417. The van der Waals surface area contributed by atoms with Crippen LogP contribution in [0.4, 0.5) is 4.39 Å². The Morgan fingerprint density at radius 2 is 2.22 bits per heavy atom. The second-order valence-corrected chi connectivity index (χ2v) is 4.79. The summed E-state index contributed by atoms with van der Waals surface area (Å²) in [6.07, 6.45) is 0.795. The van der Waals surface area contributed by atoms with Gasteiger partial charge in [0.05, 0.1) is 10.6 Å². The number of halogens is 3. The topological polar surface area (TPSA) is 46.3 Å². The summed E-state index contributed by atoms with van der Waals surface area (Å²) < 4.78 is 13.2. The van der Waals surface area contributed by atoms with Gasteiger partial charge in [-0.3, -0.25) is 4.79 Å². The third kappa shape index (κ3) is 2.94. The average Bonchev–Trinajstić information content (AvgIpc) is 2.69. The number of hydrogen-bond donors (Lipinski definition) is 1. The Morgan fingerprint density at radius 3 is 2.78 bits per heavy atom. The van der Waals surface area contributed by atoms with Crippen molar-refractivity contribution in [3.8, 4) is 0 Å². The molecule has 18 heavy (non-hydrogen) atoms. The molecule has 2 N–H and O–H groups in total. The molecule has 3 nitrogen and oxygen atoms in total. The van der Waals surface area contributed by atoms with Crippen molar-refractivity contribution < 1.29 is 9.18 Å². The summed E-state index contributed by atoms with van der Waals surface area (Å²) in [6.45, 7) is 2.77. The quantitative estimate of drug-likeness (QED) is 0.864. The SMILES string of the molecule is Cc1cc(C(=O)N2CC[C@H](N)C2)c(Cl)cc1F.Cl. The van der Waals surface area contributed by atoms with Crippen molar-refractivity contribution in [1.82, 2.24) is 4.90 Å². The van der Waals surface area contributed by atoms with Crippen molar-refractivity contribution in [2.24, 2.45) is 5.73 Å². The minimum atomic E-state index is -0.398. The number of nitrogens with zero attached hydrogens (tertiary/aromatic N) is 1. The number of likely N-dealkylation sites (tertiary alicyclic amines) is 1. The molecule has 1 aromatic carbocycles. The summed E-state index contributed by atoms with van der Waals surface area (Å²) in [5.74, 6) is -0.573. The molecule has 0 saturated carbocycles. The maximum atomic E-state index is 13.2. The first kappa shape index (κ1) is 15.2. The van der Waals surface area contributed by atoms with Crippen molar-refractivity contribution >= 4 is 29.9 Å². The van der Waals surface area contributed by atoms with Gasteiger partial charge in [0.1, 0.15) is 5.82 Å². The largest absolute Gasteiger partial charge is 0.337 e. The van der Waals surface area contributed by atoms with E-state index >= 15 is 0 Å². The van der Waals surface area contributed by atoms with E-state index in [2.05, 4.69) is 0 Å². The molecular formula is C12H15Cl2FN2O. The fourth-order valence-corrected chi connectivity index (χ4v) is 2.19. The van der Waals surface area contributed by atoms with E-state index in [1.165, 1.54) is 12.1 Å². The summed E-state index contributed by atoms with van der Waals surface area (Å²) in [6, 6.07) is 2.70. The van der Waals surface area contributed by atoms with Crippen LogP contribution in [0.25, 0.3) is 0 Å². The van der Waals surface area contributed by atoms with Crippen LogP contribution in [-0.4, -0.2) is 29.9 Å². The molecule has 1 aliphatic rings. The molecule has 2 rings (SSSR count). The first-order chi connectivity index (χ1) is 7.99. The minimum Gasteiger partial charge on any atom is -0.337 e. The number of carbonyl (C=O) groups is 1. The number of rotatable bonds is 1. The highest BCUT2D eigenvalue weighted by Gasteiger charge is 2.26. The Labute approximate surface area is 116 Å². The van der Waals surface area contributed by atoms with Gasteiger partial charge < -0.3 is 10.6 Å². The van der Waals surface area contributed by atoms with Gasteiger partial charge in [0, 0.05) is 19.1 Å². The van der Waals surface area contributed by atoms with Crippen LogP contribution in [0.15, 0.2) is 12.1 Å². The molecule has 1 amide bonds. The van der Waals surface area contributed by atoms with Crippen LogP contribution in [0, 0.1) is 12.7 Å². The van der Waals surface area contributed by atoms with Crippen molar-refractivity contribution in [3.05, 3.63) is 34.1 Å². The average molecular weight is 293 g/mol. The van der Waals surface area contributed by atoms with E-state index in [4.69, 9.17) is 17.3 Å². The number of amides is 1. The molecule has 1 saturated heterocycles. The lowest BCUT2D eigenvalue weighted by Gasteiger charge is -2.17. The lowest BCUT2D eigenvalue weighted by Crippen LogP contribution is -2.32. The molecule has 0 radical (unpaired) electrons. The molecule has 1 aromatic rings. The van der Waals surface area contributed by atoms with Crippen LogP contribution in [0.5, 0.6) is 0 Å². The molecule has 1 aliphatic heterocycles. The van der Waals surface area contributed by atoms with Crippen molar-refractivity contribution in [1.29, 1.82) is 0 Å². The number of hydrogen-bond acceptors (Lipinski definition) is 2. The van der Waals surface area contributed by atoms with E-state index in [0.29, 0.717) is 24.2 Å². The van der Waals surface area contributed by atoms with E-state index in [1.807, 2.05) is 0 Å². The summed E-state index contributed by atoms with van der Waals surface area (Å²) in [5, 5.41) is 0.151. The van der Waals surface area contributed by atoms with Gasteiger partial charge in [-0.1, -0.05) is 11.6 Å². The molecule has 100 valence electrons. The highest BCUT2D eigenvalue weighted by atomic mass is 35.5. The smallest absolute Gasteiger partial charge is 0.255 e. The van der Waals surface area contributed by atoms with Gasteiger partial charge in [-0.2, -0.15) is 0 Å². The summed E-state index contributed by atoms with van der Waals surface area (Å²) in [5.41, 5.74) is 6.51. The Bertz CT molecular complexity index is 468. The lowest BCUT2D eigenvalue weighted by atomic mass is 10.1. The monoisotopic (exact) mass is 292 g/mol. The summed E-state index contributed by atoms with van der Waals surface area (Å²) >= 11 is 5.89. The van der Waals surface area contributed by atoms with Crippen molar-refractivity contribution in [2.75, 3.05) is 13.1 Å². The standard InChI is InChI=1S/C12H14ClFN2O.ClH/c1-7-4-9(10(13)5-11(7)14)12(17)16-3-2-8(15)6-16;/h4-5,8H,2-3,6,15H2,1H3;1H/t8-;/m0./s1. The predicted molar refractivity (Wildman–Crippen MR) is 71.9 cm³/mol. The van der Waals surface area contributed by atoms with E-state index < -0.39 is 5.82 Å². The highest BCUT2D eigenvalue weighted by Crippen LogP contribution is 2.23. The third-order valence-corrected chi connectivity index (χ3v) is 3.30. The second kappa shape index (κ2) is 5.87. The van der Waals surface area contributed by atoms with Gasteiger partial charge in [0.15, 0.2) is 0 Å². The lowest BCUT2D eigenvalue weighted by molar-refractivity contribution is 0.0791. The molecule has 0 spiro atoms. The molecule has 0 aliphatic carbocycles. The minimum absolute atomic E-state index is 0. The molecular weight excluding hydrogens is 278 g/mol. The molecule has 1 heterocycles. The summed E-state index contributed by atoms with van der Waals surface area (Å²) in [4.78, 5) is 13.8. The van der Waals surface area contributed by atoms with Gasteiger partial charge in [0.25, 0.3) is 5.91 Å². The van der Waals surface area contributed by atoms with Gasteiger partial charge in [-0.05, 0) is 31.0 Å². The predicted octanol–water partition coefficient (Wildman–Crippen LogP) is 2.38. The zero-order valence-electron chi connectivity index (χ0n) is 9.95. The fourth-order valence-electron chi connectivity index (χ4n) is 1.96. The maximum Gasteiger partial charge on any atom is 0.255 e. The van der Waals surface area contributed by atoms with E-state index in [0.717, 1.165) is 6.42 Å². The van der Waals surface area contributed by atoms with Crippen LogP contribution in [0.1, 0.15) is 22.3 Å². The number of aryl methyl sites for hydroxylation is 1. The molecule has 0 aromatic heterocycles. The Hall–Kier alpha value is -0.840. The van der Waals surface area contributed by atoms with Crippen LogP contribution in [0.2, 0.25) is 5.02 Å². The van der Waals surface area contributed by atoms with Crippen LogP contribution < -0.4 is 5.73 Å². The molecule has 6 heteroatoms. The Balaban J connectivity index is 0.00000162. The normalized spacial score (nSPS) is 18.7.